The van der Waals surface area contributed by atoms with Gasteiger partial charge in [0, 0.05) is 23.1 Å². The van der Waals surface area contributed by atoms with Crippen molar-refractivity contribution < 1.29 is 9.18 Å². The fourth-order valence-corrected chi connectivity index (χ4v) is 4.82. The van der Waals surface area contributed by atoms with Gasteiger partial charge in [0.2, 0.25) is 0 Å². The fourth-order valence-electron chi connectivity index (χ4n) is 4.03. The summed E-state index contributed by atoms with van der Waals surface area (Å²) in [5.74, 6) is -0.109. The zero-order valence-corrected chi connectivity index (χ0v) is 20.8. The van der Waals surface area contributed by atoms with E-state index in [2.05, 4.69) is 40.5 Å². The van der Waals surface area contributed by atoms with Crippen LogP contribution in [0.25, 0.3) is 32.9 Å². The van der Waals surface area contributed by atoms with Crippen LogP contribution in [0.5, 0.6) is 0 Å². The summed E-state index contributed by atoms with van der Waals surface area (Å²) in [6, 6.07) is 15.3. The van der Waals surface area contributed by atoms with Crippen LogP contribution in [0.1, 0.15) is 16.1 Å². The molecule has 0 spiro atoms. The van der Waals surface area contributed by atoms with Crippen LogP contribution in [-0.2, 0) is 0 Å². The first-order valence-corrected chi connectivity index (χ1v) is 12.4. The highest BCUT2D eigenvalue weighted by molar-refractivity contribution is 7.13. The number of halogens is 1. The molecule has 0 radical (unpaired) electrons. The van der Waals surface area contributed by atoms with E-state index in [1.165, 1.54) is 29.8 Å². The first-order valence-electron chi connectivity index (χ1n) is 11.5. The van der Waals surface area contributed by atoms with Crippen LogP contribution in [0.2, 0.25) is 0 Å². The number of H-pyrrole nitrogens is 1. The normalized spacial score (nSPS) is 11.0. The number of nitrogens with one attached hydrogen (secondary N) is 3. The van der Waals surface area contributed by atoms with Crippen molar-refractivity contribution in [2.24, 2.45) is 0 Å². The molecule has 6 aromatic rings. The number of amides is 1. The number of pyridine rings is 1. The maximum absolute atomic E-state index is 13.4. The number of fused-ring (bicyclic) bond motifs is 1. The molecule has 0 bridgehead atoms. The monoisotopic (exact) mass is 522 g/mol. The minimum absolute atomic E-state index is 0.274. The van der Waals surface area contributed by atoms with E-state index in [1.54, 1.807) is 30.2 Å². The molecule has 38 heavy (non-hydrogen) atoms. The number of hydrogen-bond acceptors (Lipinski definition) is 8. The van der Waals surface area contributed by atoms with Gasteiger partial charge in [0.1, 0.15) is 34.9 Å². The molecule has 1 amide bonds. The summed E-state index contributed by atoms with van der Waals surface area (Å²) in [5, 5.41) is 6.30. The number of carbonyl (C=O) groups is 1. The largest absolute Gasteiger partial charge is 0.341 e. The lowest BCUT2D eigenvalue weighted by Crippen LogP contribution is -2.13. The Morgan fingerprint density at radius 2 is 1.87 bits per heavy atom. The molecule has 3 N–H and O–H groups in total. The number of nitrogens with zero attached hydrogens (tertiary/aromatic N) is 5. The van der Waals surface area contributed by atoms with E-state index in [0.717, 1.165) is 22.4 Å². The first kappa shape index (κ1) is 23.4. The number of carbonyl (C=O) groups excluding carboxylic acids is 1. The van der Waals surface area contributed by atoms with Crippen LogP contribution in [0.3, 0.4) is 0 Å². The molecule has 11 heteroatoms. The van der Waals surface area contributed by atoms with Crippen molar-refractivity contribution >= 4 is 45.6 Å². The second kappa shape index (κ2) is 9.79. The van der Waals surface area contributed by atoms with Gasteiger partial charge in [0.25, 0.3) is 5.91 Å². The highest BCUT2D eigenvalue weighted by Gasteiger charge is 2.18. The quantitative estimate of drug-likeness (QED) is 0.246. The molecule has 4 aromatic heterocycles. The number of benzene rings is 2. The second-order valence-corrected chi connectivity index (χ2v) is 9.22. The van der Waals surface area contributed by atoms with Gasteiger partial charge in [0.15, 0.2) is 5.65 Å². The Balaban J connectivity index is 1.28. The van der Waals surface area contributed by atoms with Gasteiger partial charge in [-0.1, -0.05) is 18.2 Å². The third-order valence-electron chi connectivity index (χ3n) is 5.92. The average molecular weight is 523 g/mol. The van der Waals surface area contributed by atoms with Crippen molar-refractivity contribution in [2.45, 2.75) is 6.92 Å². The van der Waals surface area contributed by atoms with Gasteiger partial charge >= 0.3 is 0 Å². The van der Waals surface area contributed by atoms with E-state index in [4.69, 9.17) is 0 Å². The highest BCUT2D eigenvalue weighted by atomic mass is 32.1. The molecular weight excluding hydrogens is 503 g/mol. The van der Waals surface area contributed by atoms with Crippen LogP contribution in [0.4, 0.5) is 21.6 Å². The molecule has 9 nitrogen and oxygen atoms in total. The lowest BCUT2D eigenvalue weighted by Gasteiger charge is -2.14. The Morgan fingerprint density at radius 3 is 2.74 bits per heavy atom. The van der Waals surface area contributed by atoms with Gasteiger partial charge in [-0.15, -0.1) is 11.3 Å². The number of aromatic amines is 1. The highest BCUT2D eigenvalue weighted by Crippen LogP contribution is 2.33. The zero-order chi connectivity index (χ0) is 26.1. The molecule has 0 unspecified atom stereocenters. The van der Waals surface area contributed by atoms with Crippen LogP contribution in [0, 0.1) is 12.7 Å². The van der Waals surface area contributed by atoms with Crippen LogP contribution >= 0.6 is 11.3 Å². The number of aromatic nitrogens is 6. The van der Waals surface area contributed by atoms with Gasteiger partial charge in [-0.05, 0) is 54.4 Å². The molecule has 0 saturated heterocycles. The average Bonchev–Trinajstić information content (AvgIpc) is 3.61. The lowest BCUT2D eigenvalue weighted by atomic mass is 10.1. The molecule has 0 aliphatic carbocycles. The number of anilines is 3. The molecule has 0 saturated carbocycles. The molecule has 0 aliphatic heterocycles. The number of rotatable bonds is 6. The maximum atomic E-state index is 13.4. The van der Waals surface area contributed by atoms with Crippen molar-refractivity contribution in [3.63, 3.8) is 0 Å². The van der Waals surface area contributed by atoms with E-state index in [1.807, 2.05) is 37.3 Å². The Kier molecular flexibility index (Phi) is 6.02. The van der Waals surface area contributed by atoms with Gasteiger partial charge in [-0.2, -0.15) is 0 Å². The Hall–Kier alpha value is -5.03. The van der Waals surface area contributed by atoms with Crippen molar-refractivity contribution in [2.75, 3.05) is 10.6 Å². The standard InChI is InChI=1S/C27H19FN8OS/c1-15-4-9-18(35-27(37)23-24(38-14-34-23)16-5-7-17(28)8-6-16)11-20(15)36-25-19(3-2-10-29-25)21-22-26(32-12-30-21)33-13-31-22/h2-14H,1H3,(H,29,36)(H,35,37)(H,30,31,32,33). The minimum Gasteiger partial charge on any atom is -0.341 e. The molecule has 0 atom stereocenters. The molecule has 6 rings (SSSR count). The Morgan fingerprint density at radius 1 is 1.00 bits per heavy atom. The maximum Gasteiger partial charge on any atom is 0.275 e. The predicted octanol–water partition coefficient (Wildman–Crippen LogP) is 5.98. The first-order chi connectivity index (χ1) is 18.6. The van der Waals surface area contributed by atoms with Gasteiger partial charge < -0.3 is 15.6 Å². The predicted molar refractivity (Wildman–Crippen MR) is 145 cm³/mol. The third-order valence-corrected chi connectivity index (χ3v) is 6.80. The van der Waals surface area contributed by atoms with Crippen molar-refractivity contribution in [3.05, 3.63) is 96.0 Å². The van der Waals surface area contributed by atoms with E-state index in [0.29, 0.717) is 33.2 Å². The summed E-state index contributed by atoms with van der Waals surface area (Å²) < 4.78 is 13.4. The summed E-state index contributed by atoms with van der Waals surface area (Å²) in [5.41, 5.74) is 7.60. The molecule has 186 valence electrons. The third kappa shape index (κ3) is 4.46. The molecular formula is C27H19FN8OS. The summed E-state index contributed by atoms with van der Waals surface area (Å²) in [4.78, 5) is 38.5. The van der Waals surface area contributed by atoms with E-state index >= 15 is 0 Å². The number of imidazole rings is 1. The number of aryl methyl sites for hydroxylation is 1. The second-order valence-electron chi connectivity index (χ2n) is 8.37. The summed E-state index contributed by atoms with van der Waals surface area (Å²) >= 11 is 1.32. The van der Waals surface area contributed by atoms with Gasteiger partial charge in [0.05, 0.1) is 16.7 Å². The smallest absolute Gasteiger partial charge is 0.275 e. The Labute approximate surface area is 219 Å². The zero-order valence-electron chi connectivity index (χ0n) is 19.9. The molecule has 0 aliphatic rings. The number of thiazole rings is 1. The Bertz CT molecular complexity index is 1780. The van der Waals surface area contributed by atoms with Crippen molar-refractivity contribution in [1.82, 2.24) is 29.9 Å². The van der Waals surface area contributed by atoms with Crippen molar-refractivity contribution in [1.29, 1.82) is 0 Å². The number of hydrogen-bond donors (Lipinski definition) is 3. The van der Waals surface area contributed by atoms with Crippen LogP contribution in [-0.4, -0.2) is 35.8 Å². The SMILES string of the molecule is Cc1ccc(NC(=O)c2ncsc2-c2ccc(F)cc2)cc1Nc1ncccc1-c1ncnc2nc[nH]c12. The fraction of sp³-hybridized carbons (Fsp3) is 0.0370. The van der Waals surface area contributed by atoms with Gasteiger partial charge in [-0.25, -0.2) is 29.3 Å². The van der Waals surface area contributed by atoms with Crippen LogP contribution < -0.4 is 10.6 Å². The van der Waals surface area contributed by atoms with Crippen molar-refractivity contribution in [3.8, 4) is 21.7 Å². The van der Waals surface area contributed by atoms with E-state index < -0.39 is 0 Å². The van der Waals surface area contributed by atoms with E-state index in [9.17, 15) is 9.18 Å². The van der Waals surface area contributed by atoms with Gasteiger partial charge in [-0.3, -0.25) is 4.79 Å². The lowest BCUT2D eigenvalue weighted by molar-refractivity contribution is 0.102. The topological polar surface area (TPSA) is 121 Å². The minimum atomic E-state index is -0.360. The van der Waals surface area contributed by atoms with E-state index in [-0.39, 0.29) is 17.4 Å². The summed E-state index contributed by atoms with van der Waals surface area (Å²) in [6.45, 7) is 1.96. The summed E-state index contributed by atoms with van der Waals surface area (Å²) in [6.07, 6.45) is 4.74. The molecule has 4 heterocycles. The molecule has 2 aromatic carbocycles. The molecule has 0 fully saturated rings. The summed E-state index contributed by atoms with van der Waals surface area (Å²) in [7, 11) is 0. The van der Waals surface area contributed by atoms with Crippen LogP contribution in [0.15, 0.2) is 79.0 Å².